The fourth-order valence-corrected chi connectivity index (χ4v) is 2.23. The van der Waals surface area contributed by atoms with Gasteiger partial charge in [-0.3, -0.25) is 9.36 Å². The fraction of sp³-hybridized carbons (Fsp3) is 0.125. The number of benzene rings is 2. The number of fused-ring (bicyclic) bond motifs is 1. The summed E-state index contributed by atoms with van der Waals surface area (Å²) in [4.78, 5) is 16.4. The van der Waals surface area contributed by atoms with Crippen LogP contribution in [0.3, 0.4) is 0 Å². The first-order valence-corrected chi connectivity index (χ1v) is 6.53. The smallest absolute Gasteiger partial charge is 0.261 e. The second-order valence-corrected chi connectivity index (χ2v) is 4.79. The number of aliphatic hydroxyl groups excluding tert-OH is 1. The second kappa shape index (κ2) is 5.46. The Bertz CT molecular complexity index is 831. The molecule has 3 aromatic rings. The van der Waals surface area contributed by atoms with Crippen molar-refractivity contribution < 1.29 is 9.50 Å². The normalized spacial score (nSPS) is 12.5. The van der Waals surface area contributed by atoms with Crippen LogP contribution in [0.5, 0.6) is 0 Å². The predicted molar refractivity (Wildman–Crippen MR) is 77.4 cm³/mol. The first kappa shape index (κ1) is 13.5. The molecule has 0 aliphatic heterocycles. The van der Waals surface area contributed by atoms with Gasteiger partial charge in [0.15, 0.2) is 0 Å². The minimum absolute atomic E-state index is 0.100. The van der Waals surface area contributed by atoms with Gasteiger partial charge in [0.1, 0.15) is 5.82 Å². The van der Waals surface area contributed by atoms with Gasteiger partial charge in [-0.15, -0.1) is 0 Å². The Labute approximate surface area is 120 Å². The molecular weight excluding hydrogens is 271 g/mol. The van der Waals surface area contributed by atoms with E-state index < -0.39 is 11.9 Å². The van der Waals surface area contributed by atoms with Crippen LogP contribution in [-0.2, 0) is 6.54 Å². The number of aromatic nitrogens is 2. The summed E-state index contributed by atoms with van der Waals surface area (Å²) in [7, 11) is 0. The number of aliphatic hydroxyl groups is 1. The van der Waals surface area contributed by atoms with Gasteiger partial charge in [-0.1, -0.05) is 30.3 Å². The van der Waals surface area contributed by atoms with Crippen LogP contribution >= 0.6 is 0 Å². The Balaban J connectivity index is 1.96. The molecule has 0 bridgehead atoms. The van der Waals surface area contributed by atoms with Crippen LogP contribution in [0.15, 0.2) is 59.7 Å². The van der Waals surface area contributed by atoms with Crippen molar-refractivity contribution in [3.8, 4) is 0 Å². The maximum absolute atomic E-state index is 13.1. The van der Waals surface area contributed by atoms with Gasteiger partial charge in [0.25, 0.3) is 5.56 Å². The van der Waals surface area contributed by atoms with E-state index in [1.807, 2.05) is 18.2 Å². The quantitative estimate of drug-likeness (QED) is 0.802. The lowest BCUT2D eigenvalue weighted by Crippen LogP contribution is -2.23. The first-order chi connectivity index (χ1) is 10.1. The molecule has 106 valence electrons. The van der Waals surface area contributed by atoms with Gasteiger partial charge in [-0.25, -0.2) is 9.37 Å². The van der Waals surface area contributed by atoms with E-state index in [1.54, 1.807) is 12.1 Å². The van der Waals surface area contributed by atoms with E-state index in [0.717, 1.165) is 5.56 Å². The molecule has 21 heavy (non-hydrogen) atoms. The van der Waals surface area contributed by atoms with Crippen molar-refractivity contribution in [1.29, 1.82) is 0 Å². The summed E-state index contributed by atoms with van der Waals surface area (Å²) >= 11 is 0. The SMILES string of the molecule is O=c1c2ccc(F)cc2ncn1C[C@@H](O)c1ccccc1. The van der Waals surface area contributed by atoms with Crippen LogP contribution in [-0.4, -0.2) is 14.7 Å². The van der Waals surface area contributed by atoms with Gasteiger partial charge in [0.05, 0.1) is 29.9 Å². The molecular formula is C16H13FN2O2. The van der Waals surface area contributed by atoms with E-state index in [1.165, 1.54) is 29.1 Å². The fourth-order valence-electron chi connectivity index (χ4n) is 2.23. The van der Waals surface area contributed by atoms with Crippen molar-refractivity contribution >= 4 is 10.9 Å². The highest BCUT2D eigenvalue weighted by molar-refractivity contribution is 5.77. The number of rotatable bonds is 3. The van der Waals surface area contributed by atoms with Crippen LogP contribution in [0.2, 0.25) is 0 Å². The molecule has 2 aromatic carbocycles. The number of hydrogen-bond acceptors (Lipinski definition) is 3. The molecule has 0 amide bonds. The van der Waals surface area contributed by atoms with Crippen LogP contribution in [0, 0.1) is 5.82 Å². The summed E-state index contributed by atoms with van der Waals surface area (Å²) in [5.41, 5.74) is 0.740. The zero-order chi connectivity index (χ0) is 14.8. The van der Waals surface area contributed by atoms with Gasteiger partial charge in [0.2, 0.25) is 0 Å². The lowest BCUT2D eigenvalue weighted by Gasteiger charge is -2.13. The predicted octanol–water partition coefficient (Wildman–Crippen LogP) is 2.27. The summed E-state index contributed by atoms with van der Waals surface area (Å²) in [5.74, 6) is -0.434. The highest BCUT2D eigenvalue weighted by Gasteiger charge is 2.11. The third-order valence-electron chi connectivity index (χ3n) is 3.34. The minimum Gasteiger partial charge on any atom is -0.387 e. The van der Waals surface area contributed by atoms with E-state index in [4.69, 9.17) is 0 Å². The number of nitrogens with zero attached hydrogens (tertiary/aromatic N) is 2. The van der Waals surface area contributed by atoms with Crippen LogP contribution in [0.25, 0.3) is 10.9 Å². The van der Waals surface area contributed by atoms with Gasteiger partial charge < -0.3 is 5.11 Å². The molecule has 1 N–H and O–H groups in total. The average Bonchev–Trinajstić information content (AvgIpc) is 2.51. The summed E-state index contributed by atoms with van der Waals surface area (Å²) in [6.07, 6.45) is 0.527. The monoisotopic (exact) mass is 284 g/mol. The van der Waals surface area contributed by atoms with Crippen molar-refractivity contribution in [2.45, 2.75) is 12.6 Å². The standard InChI is InChI=1S/C16H13FN2O2/c17-12-6-7-13-14(8-12)18-10-19(16(13)21)9-15(20)11-4-2-1-3-5-11/h1-8,10,15,20H,9H2/t15-/m1/s1. The summed E-state index contributed by atoms with van der Waals surface area (Å²) < 4.78 is 14.4. The van der Waals surface area contributed by atoms with Gasteiger partial charge >= 0.3 is 0 Å². The van der Waals surface area contributed by atoms with E-state index in [9.17, 15) is 14.3 Å². The largest absolute Gasteiger partial charge is 0.387 e. The Hall–Kier alpha value is -2.53. The second-order valence-electron chi connectivity index (χ2n) is 4.79. The van der Waals surface area contributed by atoms with E-state index in [2.05, 4.69) is 4.98 Å². The van der Waals surface area contributed by atoms with Crippen molar-refractivity contribution in [2.75, 3.05) is 0 Å². The average molecular weight is 284 g/mol. The molecule has 0 saturated heterocycles. The molecule has 0 fully saturated rings. The van der Waals surface area contributed by atoms with E-state index >= 15 is 0 Å². The number of hydrogen-bond donors (Lipinski definition) is 1. The minimum atomic E-state index is -0.802. The molecule has 1 heterocycles. The Kier molecular flexibility index (Phi) is 3.50. The Morgan fingerprint density at radius 1 is 1.19 bits per heavy atom. The first-order valence-electron chi connectivity index (χ1n) is 6.53. The molecule has 1 aromatic heterocycles. The van der Waals surface area contributed by atoms with Gasteiger partial charge in [0, 0.05) is 6.07 Å². The molecule has 0 unspecified atom stereocenters. The van der Waals surface area contributed by atoms with Crippen molar-refractivity contribution in [1.82, 2.24) is 9.55 Å². The third-order valence-corrected chi connectivity index (χ3v) is 3.34. The van der Waals surface area contributed by atoms with Crippen molar-refractivity contribution in [2.24, 2.45) is 0 Å². The molecule has 0 aliphatic carbocycles. The van der Waals surface area contributed by atoms with Crippen LogP contribution < -0.4 is 5.56 Å². The highest BCUT2D eigenvalue weighted by Crippen LogP contribution is 2.14. The van der Waals surface area contributed by atoms with Crippen LogP contribution in [0.1, 0.15) is 11.7 Å². The van der Waals surface area contributed by atoms with E-state index in [0.29, 0.717) is 10.9 Å². The van der Waals surface area contributed by atoms with E-state index in [-0.39, 0.29) is 12.1 Å². The Morgan fingerprint density at radius 3 is 2.71 bits per heavy atom. The molecule has 0 saturated carbocycles. The highest BCUT2D eigenvalue weighted by atomic mass is 19.1. The summed E-state index contributed by atoms with van der Waals surface area (Å²) in [6, 6.07) is 12.9. The molecule has 4 nitrogen and oxygen atoms in total. The molecule has 1 atom stereocenters. The van der Waals surface area contributed by atoms with Crippen molar-refractivity contribution in [3.63, 3.8) is 0 Å². The van der Waals surface area contributed by atoms with Gasteiger partial charge in [-0.2, -0.15) is 0 Å². The van der Waals surface area contributed by atoms with Crippen LogP contribution in [0.4, 0.5) is 4.39 Å². The van der Waals surface area contributed by atoms with Gasteiger partial charge in [-0.05, 0) is 17.7 Å². The molecule has 0 aliphatic rings. The molecule has 0 radical (unpaired) electrons. The molecule has 0 spiro atoms. The Morgan fingerprint density at radius 2 is 1.95 bits per heavy atom. The maximum atomic E-state index is 13.1. The topological polar surface area (TPSA) is 55.1 Å². The molecule has 5 heteroatoms. The zero-order valence-electron chi connectivity index (χ0n) is 11.1. The summed E-state index contributed by atoms with van der Waals surface area (Å²) in [5, 5.41) is 10.5. The lowest BCUT2D eigenvalue weighted by atomic mass is 10.1. The number of halogens is 1. The summed E-state index contributed by atoms with van der Waals surface area (Å²) in [6.45, 7) is 0.100. The maximum Gasteiger partial charge on any atom is 0.261 e. The molecule has 3 rings (SSSR count). The van der Waals surface area contributed by atoms with Crippen molar-refractivity contribution in [3.05, 3.63) is 76.6 Å². The zero-order valence-corrected chi connectivity index (χ0v) is 11.1. The lowest BCUT2D eigenvalue weighted by molar-refractivity contribution is 0.155. The third kappa shape index (κ3) is 2.68.